The molecule has 3 aromatic carbocycles. The molecule has 1 N–H and O–H groups in total. The number of amides is 1. The number of benzene rings is 3. The fourth-order valence-electron chi connectivity index (χ4n) is 4.00. The first-order chi connectivity index (χ1) is 16.3. The van der Waals surface area contributed by atoms with Gasteiger partial charge in [0.25, 0.3) is 11.7 Å². The molecule has 1 unspecified atom stereocenters. The summed E-state index contributed by atoms with van der Waals surface area (Å²) in [4.78, 5) is 28.0. The van der Waals surface area contributed by atoms with Gasteiger partial charge in [-0.05, 0) is 55.8 Å². The van der Waals surface area contributed by atoms with Crippen LogP contribution < -0.4 is 14.4 Å². The maximum Gasteiger partial charge on any atom is 0.300 e. The van der Waals surface area contributed by atoms with Gasteiger partial charge in [-0.1, -0.05) is 41.9 Å². The van der Waals surface area contributed by atoms with E-state index in [1.54, 1.807) is 72.8 Å². The number of halogens is 1. The average Bonchev–Trinajstić information content (AvgIpc) is 3.09. The summed E-state index contributed by atoms with van der Waals surface area (Å²) in [7, 11) is 1.52. The van der Waals surface area contributed by atoms with Crippen LogP contribution in [0.5, 0.6) is 11.5 Å². The van der Waals surface area contributed by atoms with Gasteiger partial charge in [0.15, 0.2) is 0 Å². The Balaban J connectivity index is 1.94. The molecule has 1 fully saturated rings. The lowest BCUT2D eigenvalue weighted by molar-refractivity contribution is -0.132. The lowest BCUT2D eigenvalue weighted by atomic mass is 9.95. The summed E-state index contributed by atoms with van der Waals surface area (Å²) in [6.45, 7) is 3.82. The molecule has 0 aromatic heterocycles. The number of rotatable bonds is 6. The summed E-state index contributed by atoms with van der Waals surface area (Å²) in [6.07, 6.45) is -0.0635. The minimum atomic E-state index is -0.887. The van der Waals surface area contributed by atoms with Gasteiger partial charge < -0.3 is 14.6 Å². The van der Waals surface area contributed by atoms with Gasteiger partial charge in [0.1, 0.15) is 17.3 Å². The zero-order chi connectivity index (χ0) is 24.4. The molecular formula is C27H24ClNO5. The molecule has 0 aliphatic carbocycles. The lowest BCUT2D eigenvalue weighted by Gasteiger charge is -2.26. The number of ether oxygens (including phenoxy) is 2. The number of ketones is 1. The molecule has 1 amide bonds. The number of carbonyl (C=O) groups is 2. The van der Waals surface area contributed by atoms with E-state index in [1.165, 1.54) is 12.0 Å². The predicted octanol–water partition coefficient (Wildman–Crippen LogP) is 5.76. The van der Waals surface area contributed by atoms with E-state index in [-0.39, 0.29) is 17.4 Å². The highest BCUT2D eigenvalue weighted by atomic mass is 35.5. The van der Waals surface area contributed by atoms with E-state index in [1.807, 2.05) is 13.8 Å². The number of hydrogen-bond acceptors (Lipinski definition) is 5. The van der Waals surface area contributed by atoms with Crippen LogP contribution in [0, 0.1) is 0 Å². The molecule has 3 aromatic rings. The molecule has 0 bridgehead atoms. The van der Waals surface area contributed by atoms with Crippen molar-refractivity contribution in [3.8, 4) is 11.5 Å². The second kappa shape index (κ2) is 9.61. The fourth-order valence-corrected chi connectivity index (χ4v) is 4.19. The van der Waals surface area contributed by atoms with Crippen molar-refractivity contribution in [1.82, 2.24) is 0 Å². The van der Waals surface area contributed by atoms with E-state index in [4.69, 9.17) is 21.1 Å². The summed E-state index contributed by atoms with van der Waals surface area (Å²) in [6, 6.07) is 19.7. The van der Waals surface area contributed by atoms with Crippen molar-refractivity contribution in [3.63, 3.8) is 0 Å². The maximum absolute atomic E-state index is 13.3. The van der Waals surface area contributed by atoms with E-state index in [0.29, 0.717) is 33.3 Å². The predicted molar refractivity (Wildman–Crippen MR) is 131 cm³/mol. The molecule has 1 saturated heterocycles. The number of nitrogens with zero attached hydrogens (tertiary/aromatic N) is 1. The number of anilines is 1. The monoisotopic (exact) mass is 477 g/mol. The van der Waals surface area contributed by atoms with Crippen LogP contribution in [0.1, 0.15) is 31.0 Å². The van der Waals surface area contributed by atoms with E-state index in [2.05, 4.69) is 0 Å². The van der Waals surface area contributed by atoms with Gasteiger partial charge in [-0.25, -0.2) is 0 Å². The fraction of sp³-hybridized carbons (Fsp3) is 0.185. The summed E-state index contributed by atoms with van der Waals surface area (Å²) in [5, 5.41) is 11.6. The van der Waals surface area contributed by atoms with Crippen molar-refractivity contribution in [3.05, 3.63) is 94.5 Å². The van der Waals surface area contributed by atoms with E-state index in [0.717, 1.165) is 0 Å². The zero-order valence-electron chi connectivity index (χ0n) is 19.0. The first-order valence-electron chi connectivity index (χ1n) is 10.8. The number of aliphatic hydroxyl groups excluding tert-OH is 1. The summed E-state index contributed by atoms with van der Waals surface area (Å²) in [5.74, 6) is -0.722. The molecule has 1 aliphatic heterocycles. The third-order valence-electron chi connectivity index (χ3n) is 5.42. The molecule has 1 aliphatic rings. The van der Waals surface area contributed by atoms with Gasteiger partial charge in [-0.2, -0.15) is 0 Å². The second-order valence-corrected chi connectivity index (χ2v) is 8.56. The molecule has 174 valence electrons. The number of aliphatic hydroxyl groups is 1. The number of carbonyl (C=O) groups excluding carboxylic acids is 2. The summed E-state index contributed by atoms with van der Waals surface area (Å²) < 4.78 is 11.2. The van der Waals surface area contributed by atoms with E-state index in [9.17, 15) is 14.7 Å². The highest BCUT2D eigenvalue weighted by Crippen LogP contribution is 2.43. The molecule has 0 saturated carbocycles. The Morgan fingerprint density at radius 3 is 2.38 bits per heavy atom. The SMILES string of the molecule is COc1cccc(N2C(=O)C(=O)/C(=C(/O)c3cccc(Cl)c3)C2c2cccc(OC(C)C)c2)c1. The summed E-state index contributed by atoms with van der Waals surface area (Å²) >= 11 is 6.11. The summed E-state index contributed by atoms with van der Waals surface area (Å²) in [5.41, 5.74) is 1.39. The van der Waals surface area contributed by atoms with Crippen LogP contribution in [-0.2, 0) is 9.59 Å². The third kappa shape index (κ3) is 4.50. The highest BCUT2D eigenvalue weighted by molar-refractivity contribution is 6.51. The molecular weight excluding hydrogens is 454 g/mol. The molecule has 7 heteroatoms. The number of methoxy groups -OCH3 is 1. The van der Waals surface area contributed by atoms with Crippen molar-refractivity contribution < 1.29 is 24.2 Å². The van der Waals surface area contributed by atoms with Crippen LogP contribution in [-0.4, -0.2) is 30.0 Å². The van der Waals surface area contributed by atoms with Crippen LogP contribution in [0.2, 0.25) is 5.02 Å². The molecule has 34 heavy (non-hydrogen) atoms. The zero-order valence-corrected chi connectivity index (χ0v) is 19.7. The van der Waals surface area contributed by atoms with Crippen molar-refractivity contribution in [2.45, 2.75) is 26.0 Å². The first-order valence-corrected chi connectivity index (χ1v) is 11.2. The normalized spacial score (nSPS) is 17.3. The van der Waals surface area contributed by atoms with Crippen molar-refractivity contribution in [1.29, 1.82) is 0 Å². The van der Waals surface area contributed by atoms with Crippen LogP contribution >= 0.6 is 11.6 Å². The van der Waals surface area contributed by atoms with Crippen LogP contribution in [0.4, 0.5) is 5.69 Å². The molecule has 0 radical (unpaired) electrons. The van der Waals surface area contributed by atoms with Crippen LogP contribution in [0.3, 0.4) is 0 Å². The van der Waals surface area contributed by atoms with Gasteiger partial charge in [0.05, 0.1) is 24.8 Å². The number of Topliss-reactive ketones (excluding diaryl/α,β-unsaturated/α-hetero) is 1. The average molecular weight is 478 g/mol. The van der Waals surface area contributed by atoms with Crippen molar-refractivity contribution in [2.75, 3.05) is 12.0 Å². The maximum atomic E-state index is 13.3. The Hall–Kier alpha value is -3.77. The smallest absolute Gasteiger partial charge is 0.300 e. The Bertz CT molecular complexity index is 1280. The van der Waals surface area contributed by atoms with Gasteiger partial charge >= 0.3 is 0 Å². The van der Waals surface area contributed by atoms with Gasteiger partial charge in [-0.15, -0.1) is 0 Å². The molecule has 1 heterocycles. The topological polar surface area (TPSA) is 76.1 Å². The Kier molecular flexibility index (Phi) is 6.61. The first kappa shape index (κ1) is 23.4. The lowest BCUT2D eigenvalue weighted by Crippen LogP contribution is -2.29. The van der Waals surface area contributed by atoms with Gasteiger partial charge in [-0.3, -0.25) is 14.5 Å². The molecule has 1 atom stereocenters. The van der Waals surface area contributed by atoms with Crippen molar-refractivity contribution in [2.24, 2.45) is 0 Å². The Morgan fingerprint density at radius 2 is 1.68 bits per heavy atom. The van der Waals surface area contributed by atoms with Crippen LogP contribution in [0.25, 0.3) is 5.76 Å². The minimum absolute atomic E-state index is 0.0308. The highest BCUT2D eigenvalue weighted by Gasteiger charge is 2.47. The van der Waals surface area contributed by atoms with Crippen LogP contribution in [0.15, 0.2) is 78.4 Å². The molecule has 6 nitrogen and oxygen atoms in total. The van der Waals surface area contributed by atoms with Crippen molar-refractivity contribution >= 4 is 34.7 Å². The standard InChI is InChI=1S/C27H24ClNO5/c1-16(2)34-22-12-5-7-17(14-22)24-23(25(30)18-8-4-9-19(28)13-18)26(31)27(32)29(24)20-10-6-11-21(15-20)33-3/h4-16,24,30H,1-3H3/b25-23+. The number of hydrogen-bond donors (Lipinski definition) is 1. The van der Waals surface area contributed by atoms with E-state index >= 15 is 0 Å². The largest absolute Gasteiger partial charge is 0.507 e. The van der Waals surface area contributed by atoms with Gasteiger partial charge in [0.2, 0.25) is 0 Å². The quantitative estimate of drug-likeness (QED) is 0.277. The molecule has 4 rings (SSSR count). The van der Waals surface area contributed by atoms with E-state index < -0.39 is 17.7 Å². The molecule has 0 spiro atoms. The Labute approximate surface area is 203 Å². The third-order valence-corrected chi connectivity index (χ3v) is 5.65. The minimum Gasteiger partial charge on any atom is -0.507 e. The Morgan fingerprint density at radius 1 is 0.971 bits per heavy atom. The second-order valence-electron chi connectivity index (χ2n) is 8.12. The van der Waals surface area contributed by atoms with Gasteiger partial charge in [0, 0.05) is 22.3 Å².